The van der Waals surface area contributed by atoms with Gasteiger partial charge in [0.2, 0.25) is 5.88 Å². The Morgan fingerprint density at radius 3 is 3.12 bits per heavy atom. The second-order valence-corrected chi connectivity index (χ2v) is 6.00. The molecule has 0 aromatic carbocycles. The number of rotatable bonds is 4. The van der Waals surface area contributed by atoms with Crippen molar-refractivity contribution in [2.45, 2.75) is 25.8 Å². The summed E-state index contributed by atoms with van der Waals surface area (Å²) in [6.45, 7) is 2.18. The monoisotopic (exact) mass is 338 g/mol. The van der Waals surface area contributed by atoms with Gasteiger partial charge >= 0.3 is 0 Å². The maximum atomic E-state index is 12.4. The van der Waals surface area contributed by atoms with Gasteiger partial charge in [-0.1, -0.05) is 6.07 Å². The number of nitrogens with one attached hydrogen (secondary N) is 2. The van der Waals surface area contributed by atoms with Gasteiger partial charge in [0.1, 0.15) is 17.2 Å². The Balaban J connectivity index is 1.61. The highest BCUT2D eigenvalue weighted by molar-refractivity contribution is 6.05. The first-order chi connectivity index (χ1) is 12.2. The minimum absolute atomic E-state index is 0.316. The van der Waals surface area contributed by atoms with E-state index in [9.17, 15) is 4.79 Å². The Kier molecular flexibility index (Phi) is 3.72. The molecule has 1 aliphatic heterocycles. The maximum absolute atomic E-state index is 12.4. The first-order valence-electron chi connectivity index (χ1n) is 8.09. The van der Waals surface area contributed by atoms with Gasteiger partial charge in [0.05, 0.1) is 30.9 Å². The number of aromatic amines is 1. The Labute approximate surface area is 144 Å². The zero-order valence-electron chi connectivity index (χ0n) is 14.0. The van der Waals surface area contributed by atoms with E-state index in [1.807, 2.05) is 18.3 Å². The van der Waals surface area contributed by atoms with Crippen molar-refractivity contribution < 1.29 is 9.53 Å². The molecule has 8 nitrogen and oxygen atoms in total. The van der Waals surface area contributed by atoms with Crippen molar-refractivity contribution >= 4 is 11.7 Å². The summed E-state index contributed by atoms with van der Waals surface area (Å²) < 4.78 is 7.29. The molecule has 3 aromatic heterocycles. The van der Waals surface area contributed by atoms with Gasteiger partial charge in [-0.05, 0) is 25.5 Å². The molecule has 0 spiro atoms. The normalized spacial score (nSPS) is 15.8. The fourth-order valence-electron chi connectivity index (χ4n) is 3.15. The van der Waals surface area contributed by atoms with E-state index in [1.165, 1.54) is 13.3 Å². The van der Waals surface area contributed by atoms with Crippen molar-refractivity contribution in [3.8, 4) is 17.3 Å². The minimum atomic E-state index is -0.331. The molecule has 4 rings (SSSR count). The summed E-state index contributed by atoms with van der Waals surface area (Å²) in [5, 5.41) is 9.22. The van der Waals surface area contributed by atoms with E-state index in [0.29, 0.717) is 23.3 Å². The number of fused-ring (bicyclic) bond motifs is 1. The number of ether oxygens (including phenoxy) is 1. The summed E-state index contributed by atoms with van der Waals surface area (Å²) in [5.41, 5.74) is 2.08. The van der Waals surface area contributed by atoms with Gasteiger partial charge in [-0.15, -0.1) is 0 Å². The Bertz CT molecular complexity index is 929. The molecule has 25 heavy (non-hydrogen) atoms. The molecule has 0 bridgehead atoms. The summed E-state index contributed by atoms with van der Waals surface area (Å²) in [7, 11) is 1.48. The lowest BCUT2D eigenvalue weighted by Crippen LogP contribution is -2.13. The average molecular weight is 338 g/mol. The molecule has 0 unspecified atom stereocenters. The lowest BCUT2D eigenvalue weighted by molar-refractivity contribution is 0.102. The van der Waals surface area contributed by atoms with E-state index in [4.69, 9.17) is 4.74 Å². The number of aromatic nitrogens is 5. The third-order valence-corrected chi connectivity index (χ3v) is 4.41. The first kappa shape index (κ1) is 15.4. The smallest absolute Gasteiger partial charge is 0.263 e. The highest BCUT2D eigenvalue weighted by atomic mass is 16.5. The van der Waals surface area contributed by atoms with E-state index in [1.54, 1.807) is 6.07 Å². The fourth-order valence-corrected chi connectivity index (χ4v) is 3.15. The van der Waals surface area contributed by atoms with Crippen LogP contribution in [0.1, 0.15) is 35.6 Å². The van der Waals surface area contributed by atoms with E-state index in [-0.39, 0.29) is 5.91 Å². The SMILES string of the molecule is COc1[nH]ncc1C(=O)Nc1cccc(-c2cnc3n2[C@@H](C)CC3)n1. The number of amides is 1. The molecule has 4 heterocycles. The lowest BCUT2D eigenvalue weighted by atomic mass is 10.2. The van der Waals surface area contributed by atoms with Crippen LogP contribution in [-0.2, 0) is 6.42 Å². The molecule has 0 fully saturated rings. The predicted octanol–water partition coefficient (Wildman–Crippen LogP) is 2.44. The summed E-state index contributed by atoms with van der Waals surface area (Å²) in [4.78, 5) is 21.4. The van der Waals surface area contributed by atoms with Crippen molar-refractivity contribution in [1.82, 2.24) is 24.7 Å². The second-order valence-electron chi connectivity index (χ2n) is 6.00. The van der Waals surface area contributed by atoms with E-state index in [0.717, 1.165) is 30.1 Å². The standard InChI is InChI=1S/C17H18N6O2/c1-10-6-7-15-18-9-13(23(10)15)12-4-3-5-14(20-12)21-16(24)11-8-19-22-17(11)25-2/h3-5,8-10H,6-7H2,1-2H3,(H,19,22)(H,20,21,24)/t10-/m0/s1. The van der Waals surface area contributed by atoms with Gasteiger partial charge in [0, 0.05) is 12.5 Å². The molecular formula is C17H18N6O2. The lowest BCUT2D eigenvalue weighted by Gasteiger charge is -2.12. The third-order valence-electron chi connectivity index (χ3n) is 4.41. The number of anilines is 1. The number of carbonyl (C=O) groups is 1. The van der Waals surface area contributed by atoms with Crippen LogP contribution in [0, 0.1) is 0 Å². The molecule has 1 amide bonds. The summed E-state index contributed by atoms with van der Waals surface area (Å²) in [6.07, 6.45) is 5.34. The van der Waals surface area contributed by atoms with Crippen molar-refractivity contribution in [3.63, 3.8) is 0 Å². The third kappa shape index (κ3) is 2.65. The van der Waals surface area contributed by atoms with E-state index < -0.39 is 0 Å². The first-order valence-corrected chi connectivity index (χ1v) is 8.09. The van der Waals surface area contributed by atoms with Crippen LogP contribution in [0.5, 0.6) is 5.88 Å². The highest BCUT2D eigenvalue weighted by Crippen LogP contribution is 2.31. The van der Waals surface area contributed by atoms with Crippen molar-refractivity contribution in [2.75, 3.05) is 12.4 Å². The summed E-state index contributed by atoms with van der Waals surface area (Å²) in [5.74, 6) is 1.53. The number of imidazole rings is 1. The number of H-pyrrole nitrogens is 1. The van der Waals surface area contributed by atoms with E-state index in [2.05, 4.69) is 37.0 Å². The van der Waals surface area contributed by atoms with Gasteiger partial charge in [0.15, 0.2) is 0 Å². The molecule has 8 heteroatoms. The quantitative estimate of drug-likeness (QED) is 0.761. The van der Waals surface area contributed by atoms with Crippen LogP contribution < -0.4 is 10.1 Å². The molecule has 0 saturated heterocycles. The van der Waals surface area contributed by atoms with Crippen LogP contribution in [0.25, 0.3) is 11.4 Å². The number of hydrogen-bond acceptors (Lipinski definition) is 5. The number of pyridine rings is 1. The van der Waals surface area contributed by atoms with Crippen LogP contribution >= 0.6 is 0 Å². The second kappa shape index (κ2) is 6.04. The largest absolute Gasteiger partial charge is 0.481 e. The Morgan fingerprint density at radius 1 is 1.40 bits per heavy atom. The van der Waals surface area contributed by atoms with Crippen molar-refractivity contribution in [3.05, 3.63) is 42.0 Å². The summed E-state index contributed by atoms with van der Waals surface area (Å²) >= 11 is 0. The molecule has 128 valence electrons. The average Bonchev–Trinajstić information content (AvgIpc) is 3.32. The van der Waals surface area contributed by atoms with Crippen molar-refractivity contribution in [1.29, 1.82) is 0 Å². The zero-order chi connectivity index (χ0) is 17.4. The van der Waals surface area contributed by atoms with Gasteiger partial charge in [-0.3, -0.25) is 4.79 Å². The molecule has 0 radical (unpaired) electrons. The number of hydrogen-bond donors (Lipinski definition) is 2. The van der Waals surface area contributed by atoms with Crippen LogP contribution in [0.4, 0.5) is 5.82 Å². The molecule has 3 aromatic rings. The minimum Gasteiger partial charge on any atom is -0.481 e. The van der Waals surface area contributed by atoms with Crippen molar-refractivity contribution in [2.24, 2.45) is 0 Å². The molecule has 0 saturated carbocycles. The predicted molar refractivity (Wildman–Crippen MR) is 91.6 cm³/mol. The maximum Gasteiger partial charge on any atom is 0.263 e. The van der Waals surface area contributed by atoms with Crippen LogP contribution in [0.3, 0.4) is 0 Å². The van der Waals surface area contributed by atoms with Gasteiger partial charge in [0.25, 0.3) is 5.91 Å². The topological polar surface area (TPSA) is 97.7 Å². The fraction of sp³-hybridized carbons (Fsp3) is 0.294. The zero-order valence-corrected chi connectivity index (χ0v) is 14.0. The number of nitrogens with zero attached hydrogens (tertiary/aromatic N) is 4. The molecular weight excluding hydrogens is 320 g/mol. The van der Waals surface area contributed by atoms with E-state index >= 15 is 0 Å². The Morgan fingerprint density at radius 2 is 2.28 bits per heavy atom. The molecule has 2 N–H and O–H groups in total. The van der Waals surface area contributed by atoms with Gasteiger partial charge in [-0.25, -0.2) is 15.1 Å². The van der Waals surface area contributed by atoms with Crippen LogP contribution in [0.2, 0.25) is 0 Å². The van der Waals surface area contributed by atoms with Crippen LogP contribution in [0.15, 0.2) is 30.6 Å². The number of methoxy groups -OCH3 is 1. The molecule has 1 aliphatic rings. The number of aryl methyl sites for hydroxylation is 1. The van der Waals surface area contributed by atoms with Gasteiger partial charge < -0.3 is 14.6 Å². The Hall–Kier alpha value is -3.16. The van der Waals surface area contributed by atoms with Crippen LogP contribution in [-0.4, -0.2) is 37.7 Å². The van der Waals surface area contributed by atoms with Gasteiger partial charge in [-0.2, -0.15) is 5.10 Å². The number of carbonyl (C=O) groups excluding carboxylic acids is 1. The highest BCUT2D eigenvalue weighted by Gasteiger charge is 2.23. The molecule has 0 aliphatic carbocycles. The molecule has 1 atom stereocenters. The summed E-state index contributed by atoms with van der Waals surface area (Å²) in [6, 6.07) is 5.94.